The van der Waals surface area contributed by atoms with Crippen LogP contribution in [0.1, 0.15) is 26.2 Å². The first-order valence-electron chi connectivity index (χ1n) is 9.86. The Morgan fingerprint density at radius 1 is 1.33 bits per heavy atom. The van der Waals surface area contributed by atoms with Crippen LogP contribution in [0.5, 0.6) is 0 Å². The van der Waals surface area contributed by atoms with Gasteiger partial charge in [-0.1, -0.05) is 37.2 Å². The van der Waals surface area contributed by atoms with Gasteiger partial charge in [0.05, 0.1) is 17.6 Å². The molecular weight excluding hydrogens is 404 g/mol. The van der Waals surface area contributed by atoms with E-state index in [1.807, 2.05) is 24.0 Å². The number of halogens is 1. The van der Waals surface area contributed by atoms with Gasteiger partial charge in [0.15, 0.2) is 5.82 Å². The van der Waals surface area contributed by atoms with Crippen LogP contribution in [-0.2, 0) is 9.59 Å². The van der Waals surface area contributed by atoms with Gasteiger partial charge < -0.3 is 20.9 Å². The number of nitrogens with zero attached hydrogens (tertiary/aromatic N) is 3. The van der Waals surface area contributed by atoms with E-state index in [1.54, 1.807) is 12.1 Å². The highest BCUT2D eigenvalue weighted by atomic mass is 35.5. The van der Waals surface area contributed by atoms with Crippen LogP contribution in [0.25, 0.3) is 0 Å². The van der Waals surface area contributed by atoms with Gasteiger partial charge in [0.25, 0.3) is 0 Å². The molecule has 3 N–H and O–H groups in total. The largest absolute Gasteiger partial charge is 0.350 e. The fraction of sp³-hybridized carbons (Fsp3) is 0.333. The van der Waals surface area contributed by atoms with E-state index in [2.05, 4.69) is 32.5 Å². The number of benzene rings is 1. The summed E-state index contributed by atoms with van der Waals surface area (Å²) in [6.45, 7) is 6.74. The van der Waals surface area contributed by atoms with Crippen molar-refractivity contribution in [3.8, 4) is 0 Å². The fourth-order valence-electron chi connectivity index (χ4n) is 3.26. The summed E-state index contributed by atoms with van der Waals surface area (Å²) in [5, 5.41) is 9.54. The van der Waals surface area contributed by atoms with E-state index in [-0.39, 0.29) is 17.9 Å². The topological polar surface area (TPSA) is 99.2 Å². The first-order valence-corrected chi connectivity index (χ1v) is 10.2. The average molecular weight is 429 g/mol. The summed E-state index contributed by atoms with van der Waals surface area (Å²) in [5.74, 6) is 0.667. The van der Waals surface area contributed by atoms with Crippen LogP contribution in [-0.4, -0.2) is 45.8 Å². The number of anilines is 4. The van der Waals surface area contributed by atoms with Crippen LogP contribution in [0.2, 0.25) is 5.02 Å². The van der Waals surface area contributed by atoms with Gasteiger partial charge in [0.2, 0.25) is 17.8 Å². The van der Waals surface area contributed by atoms with Gasteiger partial charge >= 0.3 is 0 Å². The minimum absolute atomic E-state index is 0.0717. The third-order valence-electron chi connectivity index (χ3n) is 4.78. The Morgan fingerprint density at radius 2 is 2.10 bits per heavy atom. The van der Waals surface area contributed by atoms with Crippen molar-refractivity contribution in [1.29, 1.82) is 0 Å². The van der Waals surface area contributed by atoms with Gasteiger partial charge in [-0.15, -0.1) is 0 Å². The molecule has 158 valence electrons. The lowest BCUT2D eigenvalue weighted by Gasteiger charge is -2.33. The molecule has 9 heteroatoms. The van der Waals surface area contributed by atoms with Crippen molar-refractivity contribution in [3.63, 3.8) is 0 Å². The maximum Gasteiger partial charge on any atom is 0.247 e. The zero-order chi connectivity index (χ0) is 21.5. The quantitative estimate of drug-likeness (QED) is 0.580. The van der Waals surface area contributed by atoms with Crippen molar-refractivity contribution in [2.45, 2.75) is 32.2 Å². The Hall–Kier alpha value is -3.13. The molecule has 2 aromatic rings. The molecule has 3 rings (SSSR count). The molecule has 2 amide bonds. The summed E-state index contributed by atoms with van der Waals surface area (Å²) in [6.07, 6.45) is 5.08. The predicted molar refractivity (Wildman–Crippen MR) is 119 cm³/mol. The maximum atomic E-state index is 12.0. The van der Waals surface area contributed by atoms with Crippen molar-refractivity contribution in [1.82, 2.24) is 14.9 Å². The molecule has 2 heterocycles. The molecular formula is C21H25ClN6O2. The first-order chi connectivity index (χ1) is 14.5. The Labute approximate surface area is 180 Å². The number of rotatable bonds is 7. The molecule has 0 unspecified atom stereocenters. The number of piperidine rings is 1. The molecule has 0 bridgehead atoms. The molecule has 8 nitrogen and oxygen atoms in total. The standard InChI is InChI=1S/C21H25ClN6O2/c1-3-18(29)25-16-9-5-6-10-17(16)26-20-15(22)12-23-21(27-20)24-14-8-7-11-28(13-14)19(30)4-2/h3,5-6,9-10,12,14H,1,4,7-8,11,13H2,2H3,(H,25,29)(H2,23,24,26,27)/t14-/m0/s1. The summed E-state index contributed by atoms with van der Waals surface area (Å²) in [4.78, 5) is 34.3. The molecule has 1 aromatic heterocycles. The third-order valence-corrected chi connectivity index (χ3v) is 5.05. The molecule has 1 saturated heterocycles. The lowest BCUT2D eigenvalue weighted by atomic mass is 10.1. The summed E-state index contributed by atoms with van der Waals surface area (Å²) in [5.41, 5.74) is 1.21. The molecule has 0 radical (unpaired) electrons. The van der Waals surface area contributed by atoms with Gasteiger partial charge in [-0.3, -0.25) is 9.59 Å². The van der Waals surface area contributed by atoms with Crippen molar-refractivity contribution < 1.29 is 9.59 Å². The monoisotopic (exact) mass is 428 g/mol. The highest BCUT2D eigenvalue weighted by molar-refractivity contribution is 6.33. The van der Waals surface area contributed by atoms with Crippen LogP contribution < -0.4 is 16.0 Å². The predicted octanol–water partition coefficient (Wildman–Crippen LogP) is 3.81. The van der Waals surface area contributed by atoms with Gasteiger partial charge in [0.1, 0.15) is 5.02 Å². The first kappa shape index (κ1) is 21.6. The van der Waals surface area contributed by atoms with Gasteiger partial charge in [-0.25, -0.2) is 4.98 Å². The fourth-order valence-corrected chi connectivity index (χ4v) is 3.40. The summed E-state index contributed by atoms with van der Waals surface area (Å²) in [6, 6.07) is 7.29. The Bertz CT molecular complexity index is 935. The van der Waals surface area contributed by atoms with E-state index < -0.39 is 0 Å². The minimum Gasteiger partial charge on any atom is -0.350 e. The summed E-state index contributed by atoms with van der Waals surface area (Å²) in [7, 11) is 0. The molecule has 1 aliphatic heterocycles. The molecule has 1 fully saturated rings. The van der Waals surface area contributed by atoms with Crippen molar-refractivity contribution in [2.75, 3.05) is 29.0 Å². The molecule has 0 saturated carbocycles. The van der Waals surface area contributed by atoms with Crippen LogP contribution in [0, 0.1) is 0 Å². The van der Waals surface area contributed by atoms with E-state index in [4.69, 9.17) is 11.6 Å². The number of aromatic nitrogens is 2. The van der Waals surface area contributed by atoms with E-state index in [9.17, 15) is 9.59 Å². The van der Waals surface area contributed by atoms with E-state index in [0.29, 0.717) is 41.1 Å². The lowest BCUT2D eigenvalue weighted by Crippen LogP contribution is -2.45. The number of carbonyl (C=O) groups is 2. The van der Waals surface area contributed by atoms with Crippen LogP contribution in [0.4, 0.5) is 23.1 Å². The van der Waals surface area contributed by atoms with Crippen LogP contribution in [0.15, 0.2) is 43.1 Å². The SMILES string of the molecule is C=CC(=O)Nc1ccccc1Nc1nc(N[C@H]2CCCN(C(=O)CC)C2)ncc1Cl. The molecule has 1 atom stereocenters. The van der Waals surface area contributed by atoms with Crippen molar-refractivity contribution >= 4 is 46.6 Å². The van der Waals surface area contributed by atoms with Gasteiger partial charge in [0, 0.05) is 25.6 Å². The zero-order valence-electron chi connectivity index (χ0n) is 16.8. The molecule has 1 aromatic carbocycles. The molecule has 0 aliphatic carbocycles. The number of hydrogen-bond acceptors (Lipinski definition) is 6. The number of hydrogen-bond donors (Lipinski definition) is 3. The van der Waals surface area contributed by atoms with E-state index >= 15 is 0 Å². The number of nitrogens with one attached hydrogen (secondary N) is 3. The number of carbonyl (C=O) groups excluding carboxylic acids is 2. The number of para-hydroxylation sites is 2. The second-order valence-electron chi connectivity index (χ2n) is 6.93. The maximum absolute atomic E-state index is 12.0. The second-order valence-corrected chi connectivity index (χ2v) is 7.34. The zero-order valence-corrected chi connectivity index (χ0v) is 17.6. The molecule has 1 aliphatic rings. The van der Waals surface area contributed by atoms with Gasteiger partial charge in [-0.2, -0.15) is 4.98 Å². The Kier molecular flexibility index (Phi) is 7.24. The van der Waals surface area contributed by atoms with Crippen molar-refractivity contribution in [2.24, 2.45) is 0 Å². The van der Waals surface area contributed by atoms with Crippen LogP contribution >= 0.6 is 11.6 Å². The number of likely N-dealkylation sites (tertiary alicyclic amines) is 1. The second kappa shape index (κ2) is 10.1. The smallest absolute Gasteiger partial charge is 0.247 e. The Morgan fingerprint density at radius 3 is 2.83 bits per heavy atom. The minimum atomic E-state index is -0.316. The molecule has 30 heavy (non-hydrogen) atoms. The molecule has 0 spiro atoms. The Balaban J connectivity index is 1.74. The highest BCUT2D eigenvalue weighted by Gasteiger charge is 2.23. The third kappa shape index (κ3) is 5.48. The van der Waals surface area contributed by atoms with E-state index in [0.717, 1.165) is 19.4 Å². The van der Waals surface area contributed by atoms with E-state index in [1.165, 1.54) is 12.3 Å². The number of amides is 2. The average Bonchev–Trinajstić information content (AvgIpc) is 2.76. The van der Waals surface area contributed by atoms with Crippen molar-refractivity contribution in [3.05, 3.63) is 48.1 Å². The normalized spacial score (nSPS) is 15.9. The van der Waals surface area contributed by atoms with Gasteiger partial charge in [-0.05, 0) is 31.1 Å². The summed E-state index contributed by atoms with van der Waals surface area (Å²) >= 11 is 6.29. The van der Waals surface area contributed by atoms with Crippen LogP contribution in [0.3, 0.4) is 0 Å². The summed E-state index contributed by atoms with van der Waals surface area (Å²) < 4.78 is 0. The lowest BCUT2D eigenvalue weighted by molar-refractivity contribution is -0.131. The highest BCUT2D eigenvalue weighted by Crippen LogP contribution is 2.29.